The topological polar surface area (TPSA) is 0 Å². The van der Waals surface area contributed by atoms with E-state index in [9.17, 15) is 0 Å². The Morgan fingerprint density at radius 3 is 2.33 bits per heavy atom. The van der Waals surface area contributed by atoms with Crippen molar-refractivity contribution < 1.29 is 0 Å². The molecule has 4 rings (SSSR count). The van der Waals surface area contributed by atoms with Crippen molar-refractivity contribution in [2.75, 3.05) is 0 Å². The van der Waals surface area contributed by atoms with E-state index >= 15 is 0 Å². The predicted octanol–water partition coefficient (Wildman–Crippen LogP) is 5.49. The van der Waals surface area contributed by atoms with E-state index in [4.69, 9.17) is 0 Å². The fraction of sp³-hybridized carbons (Fsp3) is 0.143. The Balaban J connectivity index is 1.98. The lowest BCUT2D eigenvalue weighted by atomic mass is 9.93. The van der Waals surface area contributed by atoms with Gasteiger partial charge in [-0.1, -0.05) is 73.7 Å². The van der Waals surface area contributed by atoms with Gasteiger partial charge in [0.25, 0.3) is 0 Å². The van der Waals surface area contributed by atoms with Gasteiger partial charge in [-0.05, 0) is 51.8 Å². The van der Waals surface area contributed by atoms with Gasteiger partial charge in [0, 0.05) is 0 Å². The van der Waals surface area contributed by atoms with E-state index in [-0.39, 0.29) is 0 Å². The van der Waals surface area contributed by atoms with E-state index in [2.05, 4.69) is 73.7 Å². The summed E-state index contributed by atoms with van der Waals surface area (Å²) >= 11 is 0. The number of hydrogen-bond donors (Lipinski definition) is 0. The molecule has 0 fully saturated rings. The van der Waals surface area contributed by atoms with E-state index in [1.165, 1.54) is 38.9 Å². The number of aryl methyl sites for hydroxylation is 1. The van der Waals surface area contributed by atoms with Crippen LogP contribution in [0, 0.1) is 0 Å². The molecule has 1 aliphatic rings. The average molecular weight is 270 g/mol. The molecule has 0 unspecified atom stereocenters. The molecule has 0 radical (unpaired) electrons. The van der Waals surface area contributed by atoms with E-state index < -0.39 is 0 Å². The zero-order chi connectivity index (χ0) is 14.2. The molecule has 0 atom stereocenters. The normalized spacial score (nSPS) is 12.0. The molecule has 0 aliphatic heterocycles. The average Bonchev–Trinajstić information content (AvgIpc) is 2.94. The van der Waals surface area contributed by atoms with Gasteiger partial charge < -0.3 is 0 Å². The van der Waals surface area contributed by atoms with Crippen molar-refractivity contribution in [3.63, 3.8) is 0 Å². The van der Waals surface area contributed by atoms with Crippen LogP contribution in [0.4, 0.5) is 0 Å². The Labute approximate surface area is 126 Å². The molecular weight excluding hydrogens is 252 g/mol. The van der Waals surface area contributed by atoms with Gasteiger partial charge in [-0.15, -0.1) is 0 Å². The Morgan fingerprint density at radius 1 is 0.762 bits per heavy atom. The molecule has 0 heteroatoms. The van der Waals surface area contributed by atoms with Crippen LogP contribution in [0.1, 0.15) is 23.6 Å². The maximum Gasteiger partial charge on any atom is -0.00105 e. The third-order valence-electron chi connectivity index (χ3n) is 4.53. The van der Waals surface area contributed by atoms with Crippen LogP contribution in [0.5, 0.6) is 0 Å². The molecule has 1 aliphatic carbocycles. The summed E-state index contributed by atoms with van der Waals surface area (Å²) in [7, 11) is 0. The highest BCUT2D eigenvalue weighted by Crippen LogP contribution is 2.43. The lowest BCUT2D eigenvalue weighted by Crippen LogP contribution is -1.89. The van der Waals surface area contributed by atoms with Gasteiger partial charge in [-0.2, -0.15) is 0 Å². The van der Waals surface area contributed by atoms with Crippen molar-refractivity contribution >= 4 is 0 Å². The van der Waals surface area contributed by atoms with Crippen LogP contribution in [-0.4, -0.2) is 0 Å². The number of benzene rings is 3. The van der Waals surface area contributed by atoms with Crippen molar-refractivity contribution in [3.05, 3.63) is 83.4 Å². The second kappa shape index (κ2) is 4.89. The van der Waals surface area contributed by atoms with E-state index in [0.29, 0.717) is 0 Å². The minimum Gasteiger partial charge on any atom is -0.0622 e. The van der Waals surface area contributed by atoms with Crippen molar-refractivity contribution in [1.82, 2.24) is 0 Å². The highest BCUT2D eigenvalue weighted by atomic mass is 14.3. The first kappa shape index (κ1) is 12.4. The fourth-order valence-electron chi connectivity index (χ4n) is 3.52. The Bertz CT molecular complexity index is 798. The monoisotopic (exact) mass is 270 g/mol. The Hall–Kier alpha value is -2.34. The van der Waals surface area contributed by atoms with Crippen molar-refractivity contribution in [2.24, 2.45) is 0 Å². The van der Waals surface area contributed by atoms with Crippen molar-refractivity contribution in [3.8, 4) is 22.3 Å². The fourth-order valence-corrected chi connectivity index (χ4v) is 3.52. The minimum atomic E-state index is 1.08. The van der Waals surface area contributed by atoms with E-state index in [1.807, 2.05) is 0 Å². The SMILES string of the molecule is CCc1cccc2c1Cc1cccc(-c3ccccc3)c1-2. The maximum atomic E-state index is 2.28. The van der Waals surface area contributed by atoms with Gasteiger partial charge in [-0.25, -0.2) is 0 Å². The van der Waals surface area contributed by atoms with Crippen LogP contribution in [-0.2, 0) is 12.8 Å². The van der Waals surface area contributed by atoms with Crippen LogP contribution in [0.15, 0.2) is 66.7 Å². The van der Waals surface area contributed by atoms with Gasteiger partial charge >= 0.3 is 0 Å². The third kappa shape index (κ3) is 1.91. The zero-order valence-corrected chi connectivity index (χ0v) is 12.3. The van der Waals surface area contributed by atoms with Crippen LogP contribution in [0.25, 0.3) is 22.3 Å². The Kier molecular flexibility index (Phi) is 2.89. The molecule has 0 bridgehead atoms. The summed E-state index contributed by atoms with van der Waals surface area (Å²) < 4.78 is 0. The zero-order valence-electron chi connectivity index (χ0n) is 12.3. The Morgan fingerprint density at radius 2 is 1.52 bits per heavy atom. The van der Waals surface area contributed by atoms with Gasteiger partial charge in [0.15, 0.2) is 0 Å². The molecule has 3 aromatic rings. The smallest absolute Gasteiger partial charge is 0.00105 e. The molecule has 0 amide bonds. The molecule has 0 aromatic heterocycles. The predicted molar refractivity (Wildman–Crippen MR) is 89.5 cm³/mol. The third-order valence-corrected chi connectivity index (χ3v) is 4.53. The molecule has 102 valence electrons. The lowest BCUT2D eigenvalue weighted by molar-refractivity contribution is 1.08. The molecule has 0 saturated carbocycles. The van der Waals surface area contributed by atoms with Crippen LogP contribution in [0.3, 0.4) is 0 Å². The summed E-state index contributed by atoms with van der Waals surface area (Å²) in [4.78, 5) is 0. The summed E-state index contributed by atoms with van der Waals surface area (Å²) in [5.41, 5.74) is 10.0. The first-order valence-corrected chi connectivity index (χ1v) is 7.67. The summed E-state index contributed by atoms with van der Waals surface area (Å²) in [6.07, 6.45) is 2.19. The molecule has 0 spiro atoms. The van der Waals surface area contributed by atoms with Gasteiger partial charge in [0.05, 0.1) is 0 Å². The maximum absolute atomic E-state index is 2.28. The second-order valence-corrected chi connectivity index (χ2v) is 5.68. The molecule has 21 heavy (non-hydrogen) atoms. The molecule has 0 N–H and O–H groups in total. The van der Waals surface area contributed by atoms with Gasteiger partial charge in [0.1, 0.15) is 0 Å². The second-order valence-electron chi connectivity index (χ2n) is 5.68. The molecule has 0 saturated heterocycles. The highest BCUT2D eigenvalue weighted by molar-refractivity contribution is 5.90. The standard InChI is InChI=1S/C21H18/c1-2-15-10-6-13-19-20(15)14-17-11-7-12-18(21(17)19)16-8-4-3-5-9-16/h3-13H,2,14H2,1H3. The van der Waals surface area contributed by atoms with Crippen molar-refractivity contribution in [1.29, 1.82) is 0 Å². The van der Waals surface area contributed by atoms with Crippen LogP contribution >= 0.6 is 0 Å². The summed E-state index contributed by atoms with van der Waals surface area (Å²) in [6.45, 7) is 2.25. The highest BCUT2D eigenvalue weighted by Gasteiger charge is 2.23. The first-order valence-electron chi connectivity index (χ1n) is 7.67. The van der Waals surface area contributed by atoms with Crippen molar-refractivity contribution in [2.45, 2.75) is 19.8 Å². The summed E-state index contributed by atoms with van der Waals surface area (Å²) in [6, 6.07) is 24.2. The lowest BCUT2D eigenvalue weighted by Gasteiger charge is -2.10. The first-order chi connectivity index (χ1) is 10.4. The van der Waals surface area contributed by atoms with Gasteiger partial charge in [0.2, 0.25) is 0 Å². The van der Waals surface area contributed by atoms with Crippen LogP contribution in [0.2, 0.25) is 0 Å². The summed E-state index contributed by atoms with van der Waals surface area (Å²) in [5, 5.41) is 0. The van der Waals surface area contributed by atoms with Gasteiger partial charge in [-0.3, -0.25) is 0 Å². The molecule has 0 nitrogen and oxygen atoms in total. The van der Waals surface area contributed by atoms with Crippen LogP contribution < -0.4 is 0 Å². The number of fused-ring (bicyclic) bond motifs is 3. The van der Waals surface area contributed by atoms with E-state index in [1.54, 1.807) is 0 Å². The molecule has 3 aromatic carbocycles. The largest absolute Gasteiger partial charge is 0.0622 e. The summed E-state index contributed by atoms with van der Waals surface area (Å²) in [5.74, 6) is 0. The number of hydrogen-bond acceptors (Lipinski definition) is 0. The number of rotatable bonds is 2. The molecule has 0 heterocycles. The minimum absolute atomic E-state index is 1.08. The van der Waals surface area contributed by atoms with E-state index in [0.717, 1.165) is 12.8 Å². The molecular formula is C21H18. The quantitative estimate of drug-likeness (QED) is 0.452.